The average Bonchev–Trinajstić information content (AvgIpc) is 3.16. The Morgan fingerprint density at radius 3 is 2.29 bits per heavy atom. The molecule has 5 nitrogen and oxygen atoms in total. The van der Waals surface area contributed by atoms with Crippen LogP contribution in [-0.2, 0) is 5.41 Å². The molecule has 2 aliphatic rings. The van der Waals surface area contributed by atoms with Crippen molar-refractivity contribution in [2.45, 2.75) is 45.6 Å². The van der Waals surface area contributed by atoms with E-state index in [2.05, 4.69) is 5.32 Å². The highest BCUT2D eigenvalue weighted by Crippen LogP contribution is 2.64. The zero-order chi connectivity index (χ0) is 22.7. The van der Waals surface area contributed by atoms with Crippen molar-refractivity contribution < 1.29 is 23.2 Å². The lowest BCUT2D eigenvalue weighted by molar-refractivity contribution is 0.0609. The van der Waals surface area contributed by atoms with Gasteiger partial charge in [0, 0.05) is 29.6 Å². The van der Waals surface area contributed by atoms with Gasteiger partial charge in [0.05, 0.1) is 11.1 Å². The molecule has 1 saturated carbocycles. The third-order valence-electron chi connectivity index (χ3n) is 6.61. The van der Waals surface area contributed by atoms with E-state index in [1.54, 1.807) is 13.8 Å². The topological polar surface area (TPSA) is 66.5 Å². The van der Waals surface area contributed by atoms with Gasteiger partial charge < -0.3 is 5.32 Å². The average molecular weight is 426 g/mol. The highest BCUT2D eigenvalue weighted by atomic mass is 19.1. The molecular weight excluding hydrogens is 402 g/mol. The van der Waals surface area contributed by atoms with Crippen LogP contribution in [-0.4, -0.2) is 35.2 Å². The highest BCUT2D eigenvalue weighted by Gasteiger charge is 2.62. The summed E-state index contributed by atoms with van der Waals surface area (Å²) in [5, 5.41) is 2.84. The Morgan fingerprint density at radius 2 is 1.71 bits per heavy atom. The lowest BCUT2D eigenvalue weighted by Crippen LogP contribution is -2.36. The molecule has 0 saturated heterocycles. The fourth-order valence-corrected chi connectivity index (χ4v) is 4.65. The molecule has 7 heteroatoms. The van der Waals surface area contributed by atoms with Gasteiger partial charge in [-0.05, 0) is 55.5 Å². The van der Waals surface area contributed by atoms with Crippen LogP contribution >= 0.6 is 0 Å². The summed E-state index contributed by atoms with van der Waals surface area (Å²) in [6, 6.07) is 7.65. The van der Waals surface area contributed by atoms with E-state index in [0.29, 0.717) is 12.0 Å². The number of halogens is 2. The summed E-state index contributed by atoms with van der Waals surface area (Å²) in [5.41, 5.74) is 0.204. The largest absolute Gasteiger partial charge is 0.351 e. The molecule has 0 radical (unpaired) electrons. The molecule has 4 rings (SSSR count). The quantitative estimate of drug-likeness (QED) is 0.733. The molecule has 31 heavy (non-hydrogen) atoms. The summed E-state index contributed by atoms with van der Waals surface area (Å²) in [4.78, 5) is 39.0. The number of hydrogen-bond donors (Lipinski definition) is 1. The number of carbonyl (C=O) groups is 3. The van der Waals surface area contributed by atoms with Gasteiger partial charge in [-0.15, -0.1) is 0 Å². The van der Waals surface area contributed by atoms with Crippen LogP contribution < -0.4 is 5.32 Å². The Hall–Kier alpha value is -3.09. The summed E-state index contributed by atoms with van der Waals surface area (Å²) in [7, 11) is 0. The molecular formula is C24H24F2N2O3. The highest BCUT2D eigenvalue weighted by molar-refractivity contribution is 6.22. The number of nitrogens with one attached hydrogen (secondary N) is 1. The Morgan fingerprint density at radius 1 is 1.06 bits per heavy atom. The van der Waals surface area contributed by atoms with Gasteiger partial charge in [0.25, 0.3) is 17.7 Å². The van der Waals surface area contributed by atoms with Crippen molar-refractivity contribution in [3.8, 4) is 0 Å². The van der Waals surface area contributed by atoms with Crippen LogP contribution in [0.5, 0.6) is 0 Å². The SMILES string of the molecule is CC(C)N1C(=O)c2ccc(C(=O)NCC3(c4ccc(F)cc4F)CC3(C)C)cc2C1=O. The van der Waals surface area contributed by atoms with E-state index in [0.717, 1.165) is 6.07 Å². The van der Waals surface area contributed by atoms with Crippen molar-refractivity contribution in [1.82, 2.24) is 10.2 Å². The molecule has 2 aromatic rings. The number of benzene rings is 2. The number of rotatable bonds is 5. The number of carbonyl (C=O) groups excluding carboxylic acids is 3. The van der Waals surface area contributed by atoms with Crippen LogP contribution in [0.1, 0.15) is 70.8 Å². The molecule has 1 heterocycles. The van der Waals surface area contributed by atoms with Gasteiger partial charge in [-0.1, -0.05) is 19.9 Å². The monoisotopic (exact) mass is 426 g/mol. The molecule has 1 atom stereocenters. The molecule has 2 aromatic carbocycles. The van der Waals surface area contributed by atoms with Gasteiger partial charge in [-0.2, -0.15) is 0 Å². The van der Waals surface area contributed by atoms with Crippen LogP contribution in [0, 0.1) is 17.0 Å². The van der Waals surface area contributed by atoms with Crippen molar-refractivity contribution in [3.63, 3.8) is 0 Å². The number of hydrogen-bond acceptors (Lipinski definition) is 3. The van der Waals surface area contributed by atoms with Crippen molar-refractivity contribution in [3.05, 3.63) is 70.3 Å². The number of nitrogens with zero attached hydrogens (tertiary/aromatic N) is 1. The number of fused-ring (bicyclic) bond motifs is 1. The Balaban J connectivity index is 1.56. The second-order valence-corrected chi connectivity index (χ2v) is 9.28. The molecule has 0 bridgehead atoms. The van der Waals surface area contributed by atoms with Crippen molar-refractivity contribution in [2.75, 3.05) is 6.54 Å². The smallest absolute Gasteiger partial charge is 0.261 e. The minimum absolute atomic E-state index is 0.170. The first-order valence-corrected chi connectivity index (χ1v) is 10.2. The summed E-state index contributed by atoms with van der Waals surface area (Å²) in [5.74, 6) is -2.48. The van der Waals surface area contributed by atoms with Crippen LogP contribution in [0.2, 0.25) is 0 Å². The second kappa shape index (κ2) is 6.97. The van der Waals surface area contributed by atoms with Crippen LogP contribution in [0.15, 0.2) is 36.4 Å². The number of amides is 3. The van der Waals surface area contributed by atoms with Crippen LogP contribution in [0.25, 0.3) is 0 Å². The third-order valence-corrected chi connectivity index (χ3v) is 6.61. The normalized spacial score (nSPS) is 21.5. The molecule has 1 N–H and O–H groups in total. The van der Waals surface area contributed by atoms with Crippen molar-refractivity contribution in [1.29, 1.82) is 0 Å². The van der Waals surface area contributed by atoms with Crippen LogP contribution in [0.3, 0.4) is 0 Å². The maximum Gasteiger partial charge on any atom is 0.261 e. The fourth-order valence-electron chi connectivity index (χ4n) is 4.65. The molecule has 0 spiro atoms. The molecule has 1 aliphatic heterocycles. The zero-order valence-electron chi connectivity index (χ0n) is 17.9. The predicted molar refractivity (Wildman–Crippen MR) is 111 cm³/mol. The molecule has 3 amide bonds. The zero-order valence-corrected chi connectivity index (χ0v) is 17.9. The molecule has 1 unspecified atom stereocenters. The number of imide groups is 1. The van der Waals surface area contributed by atoms with E-state index >= 15 is 0 Å². The van der Waals surface area contributed by atoms with E-state index in [4.69, 9.17) is 0 Å². The minimum Gasteiger partial charge on any atom is -0.351 e. The molecule has 1 aliphatic carbocycles. The van der Waals surface area contributed by atoms with Gasteiger partial charge in [0.15, 0.2) is 0 Å². The van der Waals surface area contributed by atoms with Gasteiger partial charge in [0.1, 0.15) is 11.6 Å². The van der Waals surface area contributed by atoms with E-state index in [-0.39, 0.29) is 40.6 Å². The maximum atomic E-state index is 14.5. The van der Waals surface area contributed by atoms with E-state index in [1.165, 1.54) is 35.2 Å². The first-order valence-electron chi connectivity index (χ1n) is 10.2. The van der Waals surface area contributed by atoms with E-state index < -0.39 is 28.9 Å². The lowest BCUT2D eigenvalue weighted by Gasteiger charge is -2.22. The standard InChI is InChI=1S/C24H24F2N2O3/c1-13(2)28-21(30)16-7-5-14(9-17(16)22(28)31)20(29)27-12-24(11-23(24,3)4)18-8-6-15(25)10-19(18)26/h5-10,13H,11-12H2,1-4H3,(H,27,29). The Kier molecular flexibility index (Phi) is 4.76. The van der Waals surface area contributed by atoms with Crippen molar-refractivity contribution in [2.24, 2.45) is 5.41 Å². The van der Waals surface area contributed by atoms with Gasteiger partial charge in [-0.25, -0.2) is 8.78 Å². The Labute approximate surface area is 179 Å². The summed E-state index contributed by atoms with van der Waals surface area (Å²) < 4.78 is 27.8. The lowest BCUT2D eigenvalue weighted by atomic mass is 9.87. The third kappa shape index (κ3) is 3.23. The van der Waals surface area contributed by atoms with Crippen molar-refractivity contribution >= 4 is 17.7 Å². The first kappa shape index (κ1) is 21.2. The van der Waals surface area contributed by atoms with Gasteiger partial charge >= 0.3 is 0 Å². The molecule has 0 aromatic heterocycles. The predicted octanol–water partition coefficient (Wildman–Crippen LogP) is 4.07. The Bertz CT molecular complexity index is 1130. The minimum atomic E-state index is -0.647. The maximum absolute atomic E-state index is 14.5. The van der Waals surface area contributed by atoms with E-state index in [1.807, 2.05) is 13.8 Å². The van der Waals surface area contributed by atoms with Gasteiger partial charge in [0.2, 0.25) is 0 Å². The summed E-state index contributed by atoms with van der Waals surface area (Å²) in [6.07, 6.45) is 0.642. The molecule has 1 fully saturated rings. The second-order valence-electron chi connectivity index (χ2n) is 9.28. The molecule has 162 valence electrons. The van der Waals surface area contributed by atoms with E-state index in [9.17, 15) is 23.2 Å². The fraction of sp³-hybridized carbons (Fsp3) is 0.375. The summed E-state index contributed by atoms with van der Waals surface area (Å²) in [6.45, 7) is 7.62. The van der Waals surface area contributed by atoms with Gasteiger partial charge in [-0.3, -0.25) is 19.3 Å². The summed E-state index contributed by atoms with van der Waals surface area (Å²) >= 11 is 0. The van der Waals surface area contributed by atoms with Crippen LogP contribution in [0.4, 0.5) is 8.78 Å². The first-order chi connectivity index (χ1) is 14.5.